The van der Waals surface area contributed by atoms with Crippen molar-refractivity contribution in [3.8, 4) is 0 Å². The first-order valence-electron chi connectivity index (χ1n) is 4.80. The average Bonchev–Trinajstić information content (AvgIpc) is 2.47. The van der Waals surface area contributed by atoms with E-state index in [1.165, 1.54) is 0 Å². The number of carbonyl (C=O) groups excluding carboxylic acids is 1. The standard InChI is InChI=1S/C10H12O4/c11-8-2-1-3-9-7(8)4-6(14-9)5-10(12)13/h6H,1-5H2,(H,12,13)/t6-/m1/s1. The zero-order valence-electron chi connectivity index (χ0n) is 7.78. The predicted octanol–water partition coefficient (Wildman–Crippen LogP) is 1.26. The van der Waals surface area contributed by atoms with Crippen LogP contribution in [0, 0.1) is 0 Å². The molecular formula is C10H12O4. The molecule has 76 valence electrons. The fourth-order valence-corrected chi connectivity index (χ4v) is 2.00. The molecule has 0 aromatic rings. The number of carboxylic acids is 1. The van der Waals surface area contributed by atoms with E-state index < -0.39 is 5.97 Å². The van der Waals surface area contributed by atoms with Gasteiger partial charge in [0.2, 0.25) is 0 Å². The second-order valence-electron chi connectivity index (χ2n) is 3.72. The van der Waals surface area contributed by atoms with Gasteiger partial charge in [-0.05, 0) is 6.42 Å². The zero-order chi connectivity index (χ0) is 10.1. The van der Waals surface area contributed by atoms with Crippen molar-refractivity contribution in [1.82, 2.24) is 0 Å². The van der Waals surface area contributed by atoms with Crippen molar-refractivity contribution in [3.63, 3.8) is 0 Å². The molecule has 1 atom stereocenters. The number of aliphatic carboxylic acids is 1. The third-order valence-corrected chi connectivity index (χ3v) is 2.62. The first kappa shape index (κ1) is 9.24. The van der Waals surface area contributed by atoms with E-state index in [0.717, 1.165) is 24.2 Å². The smallest absolute Gasteiger partial charge is 0.307 e. The van der Waals surface area contributed by atoms with Crippen LogP contribution in [0.3, 0.4) is 0 Å². The molecule has 1 heterocycles. The number of hydrogen-bond donors (Lipinski definition) is 1. The highest BCUT2D eigenvalue weighted by molar-refractivity contribution is 5.97. The lowest BCUT2D eigenvalue weighted by atomic mass is 9.94. The summed E-state index contributed by atoms with van der Waals surface area (Å²) in [6.07, 6.45) is 2.36. The third kappa shape index (κ3) is 1.64. The fourth-order valence-electron chi connectivity index (χ4n) is 2.00. The monoisotopic (exact) mass is 196 g/mol. The van der Waals surface area contributed by atoms with Gasteiger partial charge in [0.25, 0.3) is 0 Å². The van der Waals surface area contributed by atoms with Crippen LogP contribution in [0.25, 0.3) is 0 Å². The molecule has 1 aliphatic carbocycles. The van der Waals surface area contributed by atoms with E-state index in [-0.39, 0.29) is 18.3 Å². The van der Waals surface area contributed by atoms with Crippen LogP contribution in [-0.2, 0) is 14.3 Å². The summed E-state index contributed by atoms with van der Waals surface area (Å²) in [4.78, 5) is 21.9. The number of allylic oxidation sites excluding steroid dienone is 1. The lowest BCUT2D eigenvalue weighted by Crippen LogP contribution is -2.12. The van der Waals surface area contributed by atoms with Crippen molar-refractivity contribution in [1.29, 1.82) is 0 Å². The van der Waals surface area contributed by atoms with E-state index in [1.807, 2.05) is 0 Å². The second kappa shape index (κ2) is 3.44. The Labute approximate surface area is 81.6 Å². The highest BCUT2D eigenvalue weighted by Crippen LogP contribution is 2.34. The van der Waals surface area contributed by atoms with E-state index in [1.54, 1.807) is 0 Å². The van der Waals surface area contributed by atoms with Gasteiger partial charge in [0, 0.05) is 24.8 Å². The Hall–Kier alpha value is -1.32. The highest BCUT2D eigenvalue weighted by atomic mass is 16.5. The summed E-state index contributed by atoms with van der Waals surface area (Å²) in [7, 11) is 0. The van der Waals surface area contributed by atoms with Crippen LogP contribution in [0.15, 0.2) is 11.3 Å². The summed E-state index contributed by atoms with van der Waals surface area (Å²) in [5.41, 5.74) is 0.738. The molecule has 0 radical (unpaired) electrons. The zero-order valence-corrected chi connectivity index (χ0v) is 7.78. The van der Waals surface area contributed by atoms with Crippen LogP contribution >= 0.6 is 0 Å². The largest absolute Gasteiger partial charge is 0.493 e. The summed E-state index contributed by atoms with van der Waals surface area (Å²) in [5.74, 6) is 0.00827. The molecule has 0 aromatic carbocycles. The van der Waals surface area contributed by atoms with Gasteiger partial charge in [-0.1, -0.05) is 0 Å². The third-order valence-electron chi connectivity index (χ3n) is 2.62. The van der Waals surface area contributed by atoms with Gasteiger partial charge in [0.05, 0.1) is 6.42 Å². The van der Waals surface area contributed by atoms with E-state index in [4.69, 9.17) is 9.84 Å². The number of ether oxygens (including phenoxy) is 1. The number of ketones is 1. The number of rotatable bonds is 2. The molecule has 0 saturated heterocycles. The van der Waals surface area contributed by atoms with E-state index in [0.29, 0.717) is 12.8 Å². The van der Waals surface area contributed by atoms with Crippen LogP contribution in [-0.4, -0.2) is 23.0 Å². The lowest BCUT2D eigenvalue weighted by molar-refractivity contribution is -0.139. The van der Waals surface area contributed by atoms with Crippen molar-refractivity contribution >= 4 is 11.8 Å². The summed E-state index contributed by atoms with van der Waals surface area (Å²) in [6.45, 7) is 0. The van der Waals surface area contributed by atoms with Gasteiger partial charge >= 0.3 is 5.97 Å². The van der Waals surface area contributed by atoms with Crippen molar-refractivity contribution in [2.45, 2.75) is 38.2 Å². The van der Waals surface area contributed by atoms with Crippen LogP contribution < -0.4 is 0 Å². The maximum absolute atomic E-state index is 11.4. The van der Waals surface area contributed by atoms with Gasteiger partial charge in [0.15, 0.2) is 5.78 Å². The van der Waals surface area contributed by atoms with Crippen LogP contribution in [0.5, 0.6) is 0 Å². The van der Waals surface area contributed by atoms with Gasteiger partial charge in [-0.15, -0.1) is 0 Å². The van der Waals surface area contributed by atoms with E-state index in [2.05, 4.69) is 0 Å². The Morgan fingerprint density at radius 2 is 2.29 bits per heavy atom. The minimum absolute atomic E-state index is 0.0136. The van der Waals surface area contributed by atoms with Gasteiger partial charge in [-0.2, -0.15) is 0 Å². The Morgan fingerprint density at radius 1 is 1.50 bits per heavy atom. The number of hydrogen-bond acceptors (Lipinski definition) is 3. The molecule has 2 aliphatic rings. The maximum Gasteiger partial charge on any atom is 0.307 e. The predicted molar refractivity (Wildman–Crippen MR) is 47.6 cm³/mol. The highest BCUT2D eigenvalue weighted by Gasteiger charge is 2.33. The van der Waals surface area contributed by atoms with Gasteiger partial charge in [-0.25, -0.2) is 0 Å². The first-order valence-corrected chi connectivity index (χ1v) is 4.80. The molecule has 0 amide bonds. The Morgan fingerprint density at radius 3 is 2.93 bits per heavy atom. The fraction of sp³-hybridized carbons (Fsp3) is 0.600. The normalized spacial score (nSPS) is 26.0. The summed E-state index contributed by atoms with van der Waals surface area (Å²) in [5, 5.41) is 8.59. The Balaban J connectivity index is 2.04. The molecule has 1 aliphatic heterocycles. The molecule has 0 aromatic heterocycles. The molecule has 0 fully saturated rings. The molecule has 14 heavy (non-hydrogen) atoms. The molecule has 4 nitrogen and oxygen atoms in total. The van der Waals surface area contributed by atoms with Crippen LogP contribution in [0.1, 0.15) is 32.1 Å². The SMILES string of the molecule is O=C(O)C[C@H]1CC2=C(CCCC2=O)O1. The van der Waals surface area contributed by atoms with Gasteiger partial charge < -0.3 is 9.84 Å². The van der Waals surface area contributed by atoms with Crippen molar-refractivity contribution < 1.29 is 19.4 Å². The lowest BCUT2D eigenvalue weighted by Gasteiger charge is -2.12. The summed E-state index contributed by atoms with van der Waals surface area (Å²) in [6, 6.07) is 0. The number of Topliss-reactive ketones (excluding diaryl/α,β-unsaturated/α-hetero) is 1. The minimum Gasteiger partial charge on any atom is -0.493 e. The van der Waals surface area contributed by atoms with Crippen molar-refractivity contribution in [3.05, 3.63) is 11.3 Å². The van der Waals surface area contributed by atoms with Crippen LogP contribution in [0.2, 0.25) is 0 Å². The molecule has 0 saturated carbocycles. The quantitative estimate of drug-likeness (QED) is 0.722. The van der Waals surface area contributed by atoms with Crippen molar-refractivity contribution in [2.75, 3.05) is 0 Å². The average molecular weight is 196 g/mol. The summed E-state index contributed by atoms with van der Waals surface area (Å²) < 4.78 is 5.42. The molecule has 0 spiro atoms. The summed E-state index contributed by atoms with van der Waals surface area (Å²) >= 11 is 0. The van der Waals surface area contributed by atoms with Crippen molar-refractivity contribution in [2.24, 2.45) is 0 Å². The van der Waals surface area contributed by atoms with E-state index >= 15 is 0 Å². The van der Waals surface area contributed by atoms with E-state index in [9.17, 15) is 9.59 Å². The second-order valence-corrected chi connectivity index (χ2v) is 3.72. The number of carbonyl (C=O) groups is 2. The molecule has 1 N–H and O–H groups in total. The van der Waals surface area contributed by atoms with Crippen LogP contribution in [0.4, 0.5) is 0 Å². The molecule has 4 heteroatoms. The molecular weight excluding hydrogens is 184 g/mol. The molecule has 0 unspecified atom stereocenters. The first-order chi connectivity index (χ1) is 6.66. The molecule has 0 bridgehead atoms. The van der Waals surface area contributed by atoms with Gasteiger partial charge in [-0.3, -0.25) is 9.59 Å². The maximum atomic E-state index is 11.4. The van der Waals surface area contributed by atoms with Gasteiger partial charge in [0.1, 0.15) is 11.9 Å². The topological polar surface area (TPSA) is 63.6 Å². The Bertz CT molecular complexity index is 316. The molecule has 2 rings (SSSR count). The Kier molecular flexibility index (Phi) is 2.27. The minimum atomic E-state index is -0.873. The number of carboxylic acid groups (broad SMARTS) is 1.